The summed E-state index contributed by atoms with van der Waals surface area (Å²) in [4.78, 5) is 2.22. The van der Waals surface area contributed by atoms with E-state index in [0.717, 1.165) is 56.5 Å². The van der Waals surface area contributed by atoms with Gasteiger partial charge in [0.2, 0.25) is 0 Å². The van der Waals surface area contributed by atoms with E-state index in [9.17, 15) is 0 Å². The number of rotatable bonds is 4. The molecule has 24 heavy (non-hydrogen) atoms. The molecule has 1 aromatic rings. The van der Waals surface area contributed by atoms with Crippen molar-refractivity contribution in [3.05, 3.63) is 48.2 Å². The predicted octanol–water partition coefficient (Wildman–Crippen LogP) is 3.77. The standard InChI is InChI=1S/C19H22N2O2S/c1-2-18(19-20-24-13-10-21(19)9-1)16-3-5-17(6-4-16)23-14-15-7-11-22-12-8-15/h1-6,9,15H,7-8,10-14H2. The highest BCUT2D eigenvalue weighted by molar-refractivity contribution is 7.98. The van der Waals surface area contributed by atoms with Gasteiger partial charge in [0, 0.05) is 37.3 Å². The van der Waals surface area contributed by atoms with Crippen LogP contribution in [0.3, 0.4) is 0 Å². The molecule has 3 aliphatic heterocycles. The molecule has 0 saturated carbocycles. The van der Waals surface area contributed by atoms with Crippen LogP contribution in [0, 0.1) is 5.92 Å². The summed E-state index contributed by atoms with van der Waals surface area (Å²) in [6, 6.07) is 8.39. The molecule has 126 valence electrons. The van der Waals surface area contributed by atoms with Crippen LogP contribution in [0.1, 0.15) is 18.4 Å². The molecule has 0 radical (unpaired) electrons. The zero-order chi connectivity index (χ0) is 16.2. The minimum Gasteiger partial charge on any atom is -0.493 e. The molecule has 1 fully saturated rings. The maximum Gasteiger partial charge on any atom is 0.148 e. The van der Waals surface area contributed by atoms with Gasteiger partial charge in [0.1, 0.15) is 11.6 Å². The van der Waals surface area contributed by atoms with Crippen LogP contribution in [0.2, 0.25) is 0 Å². The van der Waals surface area contributed by atoms with Crippen molar-refractivity contribution in [1.82, 2.24) is 4.90 Å². The maximum atomic E-state index is 5.96. The Bertz CT molecular complexity index is 660. The largest absolute Gasteiger partial charge is 0.493 e. The molecule has 0 aromatic heterocycles. The molecule has 1 aromatic carbocycles. The van der Waals surface area contributed by atoms with Gasteiger partial charge in [0.25, 0.3) is 0 Å². The Balaban J connectivity index is 1.42. The molecule has 0 unspecified atom stereocenters. The van der Waals surface area contributed by atoms with Crippen LogP contribution in [0.4, 0.5) is 0 Å². The third-order valence-electron chi connectivity index (χ3n) is 4.61. The van der Waals surface area contributed by atoms with E-state index >= 15 is 0 Å². The van der Waals surface area contributed by atoms with Crippen molar-refractivity contribution in [3.8, 4) is 5.75 Å². The predicted molar refractivity (Wildman–Crippen MR) is 99.2 cm³/mol. The topological polar surface area (TPSA) is 34.1 Å². The average Bonchev–Trinajstić information content (AvgIpc) is 2.67. The Labute approximate surface area is 147 Å². The Morgan fingerprint density at radius 2 is 2.04 bits per heavy atom. The van der Waals surface area contributed by atoms with Gasteiger partial charge in [-0.1, -0.05) is 12.1 Å². The first kappa shape index (κ1) is 15.8. The SMILES string of the molecule is C1=CN2CCSN=C2C(c2ccc(OCC3CCOCC3)cc2)=C1. The summed E-state index contributed by atoms with van der Waals surface area (Å²) < 4.78 is 16.0. The molecule has 0 aliphatic carbocycles. The Kier molecular flexibility index (Phi) is 4.90. The van der Waals surface area contributed by atoms with E-state index in [1.54, 1.807) is 11.9 Å². The lowest BCUT2D eigenvalue weighted by Crippen LogP contribution is -2.32. The van der Waals surface area contributed by atoms with E-state index in [4.69, 9.17) is 9.47 Å². The zero-order valence-corrected chi connectivity index (χ0v) is 14.5. The van der Waals surface area contributed by atoms with Gasteiger partial charge in [-0.25, -0.2) is 0 Å². The third kappa shape index (κ3) is 3.52. The minimum atomic E-state index is 0.617. The first-order valence-electron chi connectivity index (χ1n) is 8.56. The zero-order valence-electron chi connectivity index (χ0n) is 13.7. The van der Waals surface area contributed by atoms with Crippen molar-refractivity contribution in [3.63, 3.8) is 0 Å². The number of hydrogen-bond acceptors (Lipinski definition) is 5. The van der Waals surface area contributed by atoms with Crippen LogP contribution >= 0.6 is 11.9 Å². The highest BCUT2D eigenvalue weighted by atomic mass is 32.2. The highest BCUT2D eigenvalue weighted by Crippen LogP contribution is 2.28. The number of benzene rings is 1. The van der Waals surface area contributed by atoms with Gasteiger partial charge in [0.05, 0.1) is 6.61 Å². The summed E-state index contributed by atoms with van der Waals surface area (Å²) in [7, 11) is 0. The fourth-order valence-electron chi connectivity index (χ4n) is 3.15. The van der Waals surface area contributed by atoms with Crippen molar-refractivity contribution >= 4 is 23.4 Å². The Hall–Kier alpha value is -1.72. The number of ether oxygens (including phenoxy) is 2. The van der Waals surface area contributed by atoms with Crippen molar-refractivity contribution in [2.75, 3.05) is 32.1 Å². The van der Waals surface area contributed by atoms with Gasteiger partial charge in [0.15, 0.2) is 0 Å². The number of nitrogens with zero attached hydrogens (tertiary/aromatic N) is 2. The lowest BCUT2D eigenvalue weighted by atomic mass is 10.0. The Morgan fingerprint density at radius 1 is 1.21 bits per heavy atom. The lowest BCUT2D eigenvalue weighted by molar-refractivity contribution is 0.0497. The van der Waals surface area contributed by atoms with E-state index in [1.807, 2.05) is 0 Å². The summed E-state index contributed by atoms with van der Waals surface area (Å²) in [5.41, 5.74) is 2.37. The van der Waals surface area contributed by atoms with Crippen LogP contribution in [0.5, 0.6) is 5.75 Å². The molecule has 4 nitrogen and oxygen atoms in total. The second kappa shape index (κ2) is 7.45. The van der Waals surface area contributed by atoms with E-state index in [1.165, 1.54) is 11.1 Å². The fraction of sp³-hybridized carbons (Fsp3) is 0.421. The number of amidine groups is 1. The molecule has 5 heteroatoms. The smallest absolute Gasteiger partial charge is 0.148 e. The average molecular weight is 342 g/mol. The third-order valence-corrected chi connectivity index (χ3v) is 5.28. The minimum absolute atomic E-state index is 0.617. The van der Waals surface area contributed by atoms with E-state index < -0.39 is 0 Å². The number of hydrogen-bond donors (Lipinski definition) is 0. The summed E-state index contributed by atoms with van der Waals surface area (Å²) in [5.74, 6) is 3.66. The molecule has 3 aliphatic rings. The molecular formula is C19H22N2O2S. The van der Waals surface area contributed by atoms with Gasteiger partial charge >= 0.3 is 0 Å². The van der Waals surface area contributed by atoms with Crippen LogP contribution in [-0.4, -0.2) is 42.9 Å². The van der Waals surface area contributed by atoms with Gasteiger partial charge in [-0.05, 0) is 60.6 Å². The highest BCUT2D eigenvalue weighted by Gasteiger charge is 2.21. The van der Waals surface area contributed by atoms with Crippen molar-refractivity contribution in [2.45, 2.75) is 12.8 Å². The fourth-order valence-corrected chi connectivity index (χ4v) is 3.85. The first-order chi connectivity index (χ1) is 11.9. The van der Waals surface area contributed by atoms with Crippen molar-refractivity contribution in [2.24, 2.45) is 10.3 Å². The summed E-state index contributed by atoms with van der Waals surface area (Å²) in [5, 5.41) is 0. The molecule has 0 N–H and O–H groups in total. The van der Waals surface area contributed by atoms with Gasteiger partial charge in [-0.2, -0.15) is 4.40 Å². The molecule has 0 spiro atoms. The molecular weight excluding hydrogens is 320 g/mol. The molecule has 0 amide bonds. The lowest BCUT2D eigenvalue weighted by Gasteiger charge is -2.29. The molecule has 0 atom stereocenters. The van der Waals surface area contributed by atoms with Gasteiger partial charge < -0.3 is 14.4 Å². The quantitative estimate of drug-likeness (QED) is 0.780. The normalized spacial score (nSPS) is 21.1. The van der Waals surface area contributed by atoms with Crippen LogP contribution in [0.25, 0.3) is 5.57 Å². The molecule has 0 bridgehead atoms. The molecule has 4 rings (SSSR count). The van der Waals surface area contributed by atoms with E-state index in [0.29, 0.717) is 5.92 Å². The molecule has 1 saturated heterocycles. The second-order valence-electron chi connectivity index (χ2n) is 6.25. The van der Waals surface area contributed by atoms with Crippen molar-refractivity contribution < 1.29 is 9.47 Å². The van der Waals surface area contributed by atoms with E-state index in [-0.39, 0.29) is 0 Å². The summed E-state index contributed by atoms with van der Waals surface area (Å²) in [6.07, 6.45) is 8.54. The number of allylic oxidation sites excluding steroid dienone is 2. The number of fused-ring (bicyclic) bond motifs is 1. The van der Waals surface area contributed by atoms with E-state index in [2.05, 4.69) is 51.9 Å². The van der Waals surface area contributed by atoms with Gasteiger partial charge in [-0.15, -0.1) is 0 Å². The Morgan fingerprint density at radius 3 is 2.88 bits per heavy atom. The second-order valence-corrected chi connectivity index (χ2v) is 7.10. The first-order valence-corrected chi connectivity index (χ1v) is 9.51. The maximum absolute atomic E-state index is 5.96. The summed E-state index contributed by atoms with van der Waals surface area (Å²) >= 11 is 1.64. The van der Waals surface area contributed by atoms with Crippen LogP contribution < -0.4 is 4.74 Å². The monoisotopic (exact) mass is 342 g/mol. The molecule has 3 heterocycles. The van der Waals surface area contributed by atoms with Crippen LogP contribution in [-0.2, 0) is 4.74 Å². The van der Waals surface area contributed by atoms with Crippen molar-refractivity contribution in [1.29, 1.82) is 0 Å². The van der Waals surface area contributed by atoms with Gasteiger partial charge in [-0.3, -0.25) is 0 Å². The summed E-state index contributed by atoms with van der Waals surface area (Å²) in [6.45, 7) is 3.53. The van der Waals surface area contributed by atoms with Crippen LogP contribution in [0.15, 0.2) is 47.0 Å².